The van der Waals surface area contributed by atoms with E-state index in [-0.39, 0.29) is 11.7 Å². The fourth-order valence-electron chi connectivity index (χ4n) is 2.16. The summed E-state index contributed by atoms with van der Waals surface area (Å²) in [4.78, 5) is 16.8. The summed E-state index contributed by atoms with van der Waals surface area (Å²) in [7, 11) is 0. The van der Waals surface area contributed by atoms with Crippen molar-refractivity contribution < 1.29 is 9.18 Å². The number of rotatable bonds is 5. The van der Waals surface area contributed by atoms with Crippen molar-refractivity contribution in [2.45, 2.75) is 6.42 Å². The van der Waals surface area contributed by atoms with Gasteiger partial charge in [0.25, 0.3) is 0 Å². The van der Waals surface area contributed by atoms with Crippen LogP contribution in [0.3, 0.4) is 0 Å². The van der Waals surface area contributed by atoms with Crippen LogP contribution < -0.4 is 5.32 Å². The molecule has 0 aliphatic heterocycles. The molecule has 23 heavy (non-hydrogen) atoms. The Hall–Kier alpha value is -2.18. The molecule has 0 fully saturated rings. The zero-order valence-electron chi connectivity index (χ0n) is 12.0. The number of aromatic nitrogens is 2. The molecule has 0 radical (unpaired) electrons. The highest BCUT2D eigenvalue weighted by atomic mass is 35.5. The number of amides is 1. The van der Waals surface area contributed by atoms with Crippen LogP contribution in [0.5, 0.6) is 0 Å². The lowest BCUT2D eigenvalue weighted by atomic mass is 10.1. The van der Waals surface area contributed by atoms with Crippen molar-refractivity contribution in [1.82, 2.24) is 14.7 Å². The number of carbonyl (C=O) groups excluding carboxylic acids is 1. The van der Waals surface area contributed by atoms with E-state index in [9.17, 15) is 9.18 Å². The molecule has 1 N–H and O–H groups in total. The Labute approximate surface area is 141 Å². The van der Waals surface area contributed by atoms with Gasteiger partial charge < -0.3 is 5.32 Å². The molecule has 0 saturated heterocycles. The third kappa shape index (κ3) is 3.60. The first-order valence-corrected chi connectivity index (χ1v) is 8.21. The van der Waals surface area contributed by atoms with E-state index in [1.807, 2.05) is 16.0 Å². The number of fused-ring (bicyclic) bond motifs is 1. The molecule has 118 valence electrons. The molecule has 0 spiro atoms. The Balaban J connectivity index is 1.58. The summed E-state index contributed by atoms with van der Waals surface area (Å²) >= 11 is 7.51. The summed E-state index contributed by atoms with van der Waals surface area (Å²) in [5.41, 5.74) is 1.24. The van der Waals surface area contributed by atoms with E-state index in [0.29, 0.717) is 29.4 Å². The van der Waals surface area contributed by atoms with Gasteiger partial charge in [0.1, 0.15) is 5.82 Å². The first-order valence-electron chi connectivity index (χ1n) is 6.95. The Morgan fingerprint density at radius 3 is 3.09 bits per heavy atom. The molecule has 0 bridgehead atoms. The van der Waals surface area contributed by atoms with E-state index in [4.69, 9.17) is 11.6 Å². The smallest absolute Gasteiger partial charge is 0.244 e. The highest BCUT2D eigenvalue weighted by molar-refractivity contribution is 7.15. The molecule has 2 aromatic heterocycles. The van der Waals surface area contributed by atoms with Crippen molar-refractivity contribution in [3.8, 4) is 0 Å². The summed E-state index contributed by atoms with van der Waals surface area (Å²) < 4.78 is 15.3. The van der Waals surface area contributed by atoms with E-state index in [1.54, 1.807) is 24.3 Å². The van der Waals surface area contributed by atoms with Crippen LogP contribution in [-0.4, -0.2) is 21.8 Å². The van der Waals surface area contributed by atoms with Gasteiger partial charge in [0.2, 0.25) is 5.91 Å². The minimum absolute atomic E-state index is 0.261. The summed E-state index contributed by atoms with van der Waals surface area (Å²) in [6.07, 6.45) is 5.30. The van der Waals surface area contributed by atoms with Gasteiger partial charge in [-0.25, -0.2) is 9.37 Å². The molecule has 0 aliphatic carbocycles. The molecule has 7 heteroatoms. The predicted molar refractivity (Wildman–Crippen MR) is 90.2 cm³/mol. The van der Waals surface area contributed by atoms with Gasteiger partial charge in [-0.3, -0.25) is 9.20 Å². The van der Waals surface area contributed by atoms with E-state index in [0.717, 1.165) is 4.96 Å². The number of hydrogen-bond acceptors (Lipinski definition) is 3. The number of thiazole rings is 1. The second-order valence-corrected chi connectivity index (χ2v) is 6.04. The number of halogens is 2. The monoisotopic (exact) mass is 349 g/mol. The first-order chi connectivity index (χ1) is 11.1. The summed E-state index contributed by atoms with van der Waals surface area (Å²) in [5.74, 6) is -0.522. The Kier molecular flexibility index (Phi) is 4.73. The molecule has 0 saturated carbocycles. The molecule has 2 heterocycles. The summed E-state index contributed by atoms with van der Waals surface area (Å²) in [6.45, 7) is 0.359. The Bertz CT molecular complexity index is 871. The maximum absolute atomic E-state index is 13.5. The second-order valence-electron chi connectivity index (χ2n) is 4.81. The third-order valence-electron chi connectivity index (χ3n) is 3.30. The van der Waals surface area contributed by atoms with Crippen molar-refractivity contribution in [3.63, 3.8) is 0 Å². The molecule has 1 aromatic carbocycles. The number of carbonyl (C=O) groups is 1. The van der Waals surface area contributed by atoms with Crippen LogP contribution in [0.15, 0.2) is 41.9 Å². The number of imidazole rings is 1. The predicted octanol–water partition coefficient (Wildman–Crippen LogP) is 3.56. The van der Waals surface area contributed by atoms with Crippen LogP contribution in [0.1, 0.15) is 11.3 Å². The van der Waals surface area contributed by atoms with Gasteiger partial charge in [0, 0.05) is 24.2 Å². The van der Waals surface area contributed by atoms with Gasteiger partial charge in [-0.1, -0.05) is 29.8 Å². The normalized spacial score (nSPS) is 11.4. The quantitative estimate of drug-likeness (QED) is 0.716. The number of hydrogen-bond donors (Lipinski definition) is 1. The SMILES string of the molecule is O=C(/C=C\c1c(Cl)nc2sccn12)NCCc1ccccc1F. The minimum Gasteiger partial charge on any atom is -0.352 e. The first kappa shape index (κ1) is 15.7. The van der Waals surface area contributed by atoms with Crippen molar-refractivity contribution in [1.29, 1.82) is 0 Å². The molecule has 4 nitrogen and oxygen atoms in total. The average molecular weight is 350 g/mol. The fraction of sp³-hybridized carbons (Fsp3) is 0.125. The van der Waals surface area contributed by atoms with E-state index in [2.05, 4.69) is 10.3 Å². The standard InChI is InChI=1S/C16H13ClFN3OS/c17-15-13(21-9-10-23-16(21)20-15)5-6-14(22)19-8-7-11-3-1-2-4-12(11)18/h1-6,9-10H,7-8H2,(H,19,22)/b6-5-. The molecule has 0 unspecified atom stereocenters. The molecule has 0 aliphatic rings. The maximum Gasteiger partial charge on any atom is 0.244 e. The summed E-state index contributed by atoms with van der Waals surface area (Å²) in [6, 6.07) is 6.52. The molecular formula is C16H13ClFN3OS. The lowest BCUT2D eigenvalue weighted by molar-refractivity contribution is -0.116. The van der Waals surface area contributed by atoms with E-state index >= 15 is 0 Å². The Morgan fingerprint density at radius 2 is 2.26 bits per heavy atom. The molecule has 1 amide bonds. The van der Waals surface area contributed by atoms with Gasteiger partial charge in [-0.05, 0) is 24.1 Å². The number of benzene rings is 1. The Morgan fingerprint density at radius 1 is 1.43 bits per heavy atom. The lowest BCUT2D eigenvalue weighted by Crippen LogP contribution is -2.23. The highest BCUT2D eigenvalue weighted by Crippen LogP contribution is 2.22. The van der Waals surface area contributed by atoms with Gasteiger partial charge in [-0.15, -0.1) is 11.3 Å². The number of nitrogens with one attached hydrogen (secondary N) is 1. The molecule has 0 atom stereocenters. The second kappa shape index (κ2) is 6.93. The van der Waals surface area contributed by atoms with Crippen molar-refractivity contribution >= 4 is 39.9 Å². The van der Waals surface area contributed by atoms with Crippen molar-refractivity contribution in [2.24, 2.45) is 0 Å². The third-order valence-corrected chi connectivity index (χ3v) is 4.33. The highest BCUT2D eigenvalue weighted by Gasteiger charge is 2.08. The van der Waals surface area contributed by atoms with Gasteiger partial charge in [0.15, 0.2) is 10.1 Å². The van der Waals surface area contributed by atoms with Crippen molar-refractivity contribution in [2.75, 3.05) is 6.54 Å². The van der Waals surface area contributed by atoms with Crippen molar-refractivity contribution in [3.05, 3.63) is 64.1 Å². The average Bonchev–Trinajstić information content (AvgIpc) is 3.08. The van der Waals surface area contributed by atoms with Crippen LogP contribution in [0.2, 0.25) is 5.15 Å². The van der Waals surface area contributed by atoms with Gasteiger partial charge in [-0.2, -0.15) is 0 Å². The number of nitrogens with zero attached hydrogens (tertiary/aromatic N) is 2. The lowest BCUT2D eigenvalue weighted by Gasteiger charge is -2.03. The van der Waals surface area contributed by atoms with E-state index < -0.39 is 0 Å². The van der Waals surface area contributed by atoms with Crippen LogP contribution in [0, 0.1) is 5.82 Å². The maximum atomic E-state index is 13.5. The van der Waals surface area contributed by atoms with Crippen LogP contribution in [0.4, 0.5) is 4.39 Å². The molecular weight excluding hydrogens is 337 g/mol. The minimum atomic E-state index is -0.261. The zero-order valence-corrected chi connectivity index (χ0v) is 13.6. The molecule has 3 rings (SSSR count). The van der Waals surface area contributed by atoms with Gasteiger partial charge >= 0.3 is 0 Å². The zero-order chi connectivity index (χ0) is 16.2. The van der Waals surface area contributed by atoms with Crippen LogP contribution in [-0.2, 0) is 11.2 Å². The topological polar surface area (TPSA) is 46.4 Å². The fourth-order valence-corrected chi connectivity index (χ4v) is 3.17. The summed E-state index contributed by atoms with van der Waals surface area (Å²) in [5, 5.41) is 4.97. The molecule has 3 aromatic rings. The van der Waals surface area contributed by atoms with Crippen LogP contribution in [0.25, 0.3) is 11.0 Å². The van der Waals surface area contributed by atoms with Crippen LogP contribution >= 0.6 is 22.9 Å². The van der Waals surface area contributed by atoms with Gasteiger partial charge in [0.05, 0.1) is 5.69 Å². The van der Waals surface area contributed by atoms with E-state index in [1.165, 1.54) is 23.5 Å². The largest absolute Gasteiger partial charge is 0.352 e.